The molecule has 1 atom stereocenters. The predicted molar refractivity (Wildman–Crippen MR) is 59.1 cm³/mol. The van der Waals surface area contributed by atoms with E-state index in [4.69, 9.17) is 0 Å². The molecule has 1 saturated heterocycles. The third-order valence-electron chi connectivity index (χ3n) is 2.40. The molecule has 1 fully saturated rings. The van der Waals surface area contributed by atoms with E-state index in [0.717, 1.165) is 30.8 Å². The second kappa shape index (κ2) is 4.80. The summed E-state index contributed by atoms with van der Waals surface area (Å²) in [5.41, 5.74) is 1.12. The number of halogens is 1. The van der Waals surface area contributed by atoms with Crippen LogP contribution in [0.3, 0.4) is 0 Å². The maximum absolute atomic E-state index is 13.0. The first-order valence-electron chi connectivity index (χ1n) is 4.94. The zero-order valence-corrected chi connectivity index (χ0v) is 8.82. The topological polar surface area (TPSA) is 12.0 Å². The Bertz CT molecular complexity index is 295. The van der Waals surface area contributed by atoms with Crippen LogP contribution in [0.25, 0.3) is 0 Å². The first kappa shape index (κ1) is 9.99. The van der Waals surface area contributed by atoms with Gasteiger partial charge in [0.05, 0.1) is 0 Å². The van der Waals surface area contributed by atoms with Gasteiger partial charge < -0.3 is 5.32 Å². The second-order valence-corrected chi connectivity index (χ2v) is 4.76. The molecule has 14 heavy (non-hydrogen) atoms. The number of hydrogen-bond acceptors (Lipinski definition) is 2. The third-order valence-corrected chi connectivity index (χ3v) is 3.75. The summed E-state index contributed by atoms with van der Waals surface area (Å²) >= 11 is 1.92. The summed E-state index contributed by atoms with van der Waals surface area (Å²) in [6, 6.07) is 6.97. The molecule has 0 saturated carbocycles. The molecule has 0 bridgehead atoms. The summed E-state index contributed by atoms with van der Waals surface area (Å²) in [6.45, 7) is 2.10. The molecule has 1 heterocycles. The van der Waals surface area contributed by atoms with Crippen LogP contribution in [0.4, 0.5) is 4.39 Å². The van der Waals surface area contributed by atoms with Gasteiger partial charge in [0.25, 0.3) is 0 Å². The van der Waals surface area contributed by atoms with Gasteiger partial charge in [0.15, 0.2) is 0 Å². The lowest BCUT2D eigenvalue weighted by Crippen LogP contribution is -2.15. The maximum atomic E-state index is 13.0. The predicted octanol–water partition coefficient (Wildman–Crippen LogP) is 2.59. The quantitative estimate of drug-likeness (QED) is 0.766. The zero-order valence-electron chi connectivity index (χ0n) is 8.00. The summed E-state index contributed by atoms with van der Waals surface area (Å²) in [4.78, 5) is 0. The van der Waals surface area contributed by atoms with E-state index >= 15 is 0 Å². The molecule has 1 nitrogen and oxygen atoms in total. The molecule has 76 valence electrons. The van der Waals surface area contributed by atoms with Crippen LogP contribution in [0.15, 0.2) is 24.3 Å². The summed E-state index contributed by atoms with van der Waals surface area (Å²) in [7, 11) is 0. The molecule has 1 aliphatic heterocycles. The van der Waals surface area contributed by atoms with Crippen molar-refractivity contribution in [2.24, 2.45) is 0 Å². The maximum Gasteiger partial charge on any atom is 0.123 e. The Morgan fingerprint density at radius 3 is 3.14 bits per heavy atom. The molecule has 0 radical (unpaired) electrons. The third kappa shape index (κ3) is 2.49. The van der Waals surface area contributed by atoms with Crippen molar-refractivity contribution in [3.8, 4) is 0 Å². The number of rotatable bonds is 1. The highest BCUT2D eigenvalue weighted by atomic mass is 32.2. The molecule has 0 amide bonds. The van der Waals surface area contributed by atoms with Crippen LogP contribution >= 0.6 is 11.8 Å². The fourth-order valence-corrected chi connectivity index (χ4v) is 2.85. The van der Waals surface area contributed by atoms with Crippen molar-refractivity contribution in [3.63, 3.8) is 0 Å². The van der Waals surface area contributed by atoms with E-state index in [0.29, 0.717) is 5.25 Å². The molecular formula is C11H14FNS. The second-order valence-electron chi connectivity index (χ2n) is 3.45. The van der Waals surface area contributed by atoms with Gasteiger partial charge >= 0.3 is 0 Å². The highest BCUT2D eigenvalue weighted by molar-refractivity contribution is 7.99. The van der Waals surface area contributed by atoms with Crippen molar-refractivity contribution >= 4 is 11.8 Å². The van der Waals surface area contributed by atoms with Crippen LogP contribution in [0.5, 0.6) is 0 Å². The minimum absolute atomic E-state index is 0.125. The van der Waals surface area contributed by atoms with Gasteiger partial charge in [-0.3, -0.25) is 0 Å². The molecule has 1 aromatic rings. The Morgan fingerprint density at radius 1 is 1.36 bits per heavy atom. The van der Waals surface area contributed by atoms with Crippen molar-refractivity contribution in [2.75, 3.05) is 18.8 Å². The van der Waals surface area contributed by atoms with Crippen LogP contribution in [-0.2, 0) is 0 Å². The average Bonchev–Trinajstić information content (AvgIpc) is 2.45. The molecule has 0 spiro atoms. The van der Waals surface area contributed by atoms with Gasteiger partial charge in [0.1, 0.15) is 5.82 Å². The fraction of sp³-hybridized carbons (Fsp3) is 0.455. The normalized spacial score (nSPS) is 23.1. The Labute approximate surface area is 88.1 Å². The highest BCUT2D eigenvalue weighted by Crippen LogP contribution is 2.32. The van der Waals surface area contributed by atoms with Crippen LogP contribution in [0.2, 0.25) is 0 Å². The summed E-state index contributed by atoms with van der Waals surface area (Å²) < 4.78 is 13.0. The van der Waals surface area contributed by atoms with Crippen molar-refractivity contribution in [1.82, 2.24) is 5.32 Å². The Morgan fingerprint density at radius 2 is 2.29 bits per heavy atom. The van der Waals surface area contributed by atoms with Gasteiger partial charge in [0, 0.05) is 17.5 Å². The Hall–Kier alpha value is -0.540. The Balaban J connectivity index is 2.12. The van der Waals surface area contributed by atoms with E-state index in [9.17, 15) is 4.39 Å². The van der Waals surface area contributed by atoms with E-state index in [1.165, 1.54) is 6.07 Å². The van der Waals surface area contributed by atoms with Gasteiger partial charge in [-0.2, -0.15) is 11.8 Å². The van der Waals surface area contributed by atoms with Gasteiger partial charge in [0.2, 0.25) is 0 Å². The molecule has 1 aliphatic rings. The smallest absolute Gasteiger partial charge is 0.123 e. The number of thioether (sulfide) groups is 1. The van der Waals surface area contributed by atoms with Gasteiger partial charge in [-0.1, -0.05) is 12.1 Å². The van der Waals surface area contributed by atoms with E-state index in [-0.39, 0.29) is 5.82 Å². The number of nitrogens with one attached hydrogen (secondary N) is 1. The van der Waals surface area contributed by atoms with Crippen LogP contribution in [0.1, 0.15) is 17.2 Å². The monoisotopic (exact) mass is 211 g/mol. The molecule has 1 N–H and O–H groups in total. The largest absolute Gasteiger partial charge is 0.316 e. The van der Waals surface area contributed by atoms with Gasteiger partial charge in [-0.05, 0) is 30.7 Å². The first-order valence-corrected chi connectivity index (χ1v) is 5.99. The van der Waals surface area contributed by atoms with E-state index < -0.39 is 0 Å². The van der Waals surface area contributed by atoms with Crippen molar-refractivity contribution < 1.29 is 4.39 Å². The number of benzene rings is 1. The lowest BCUT2D eigenvalue weighted by Gasteiger charge is -2.13. The van der Waals surface area contributed by atoms with Gasteiger partial charge in [-0.15, -0.1) is 0 Å². The standard InChI is InChI=1S/C11H14FNS/c12-10-3-1-2-9(8-10)11-4-5-13-6-7-14-11/h1-3,8,11,13H,4-7H2. The molecule has 0 aromatic heterocycles. The number of hydrogen-bond donors (Lipinski definition) is 1. The van der Waals surface area contributed by atoms with Crippen molar-refractivity contribution in [2.45, 2.75) is 11.7 Å². The lowest BCUT2D eigenvalue weighted by molar-refractivity contribution is 0.622. The summed E-state index contributed by atoms with van der Waals surface area (Å²) in [5, 5.41) is 3.81. The van der Waals surface area contributed by atoms with Crippen LogP contribution in [-0.4, -0.2) is 18.8 Å². The summed E-state index contributed by atoms with van der Waals surface area (Å²) in [5.74, 6) is 0.988. The summed E-state index contributed by atoms with van der Waals surface area (Å²) in [6.07, 6.45) is 1.09. The molecule has 3 heteroatoms. The molecular weight excluding hydrogens is 197 g/mol. The zero-order chi connectivity index (χ0) is 9.80. The van der Waals surface area contributed by atoms with Crippen LogP contribution < -0.4 is 5.32 Å². The average molecular weight is 211 g/mol. The van der Waals surface area contributed by atoms with Crippen molar-refractivity contribution in [3.05, 3.63) is 35.6 Å². The minimum atomic E-state index is -0.125. The van der Waals surface area contributed by atoms with Crippen LogP contribution in [0, 0.1) is 5.82 Å². The van der Waals surface area contributed by atoms with E-state index in [1.54, 1.807) is 12.1 Å². The molecule has 1 aromatic carbocycles. The Kier molecular flexibility index (Phi) is 3.43. The molecule has 0 aliphatic carbocycles. The SMILES string of the molecule is Fc1cccc(C2CCNCCS2)c1. The molecule has 2 rings (SSSR count). The molecule has 1 unspecified atom stereocenters. The minimum Gasteiger partial charge on any atom is -0.316 e. The fourth-order valence-electron chi connectivity index (χ4n) is 1.68. The van der Waals surface area contributed by atoms with Crippen molar-refractivity contribution in [1.29, 1.82) is 0 Å². The first-order chi connectivity index (χ1) is 6.86. The van der Waals surface area contributed by atoms with E-state index in [2.05, 4.69) is 5.32 Å². The van der Waals surface area contributed by atoms with E-state index in [1.807, 2.05) is 17.8 Å². The highest BCUT2D eigenvalue weighted by Gasteiger charge is 2.14. The lowest BCUT2D eigenvalue weighted by atomic mass is 10.1. The van der Waals surface area contributed by atoms with Gasteiger partial charge in [-0.25, -0.2) is 4.39 Å².